The number of nitrogens with one attached hydrogen (secondary N) is 1. The monoisotopic (exact) mass is 519 g/mol. The summed E-state index contributed by atoms with van der Waals surface area (Å²) in [4.78, 5) is 27.4. The molecule has 2 aromatic rings. The molecule has 1 fully saturated rings. The van der Waals surface area contributed by atoms with Crippen molar-refractivity contribution in [1.29, 1.82) is 0 Å². The molecule has 190 valence electrons. The van der Waals surface area contributed by atoms with Gasteiger partial charge in [-0.3, -0.25) is 9.59 Å². The third-order valence-corrected chi connectivity index (χ3v) is 6.25. The van der Waals surface area contributed by atoms with Crippen LogP contribution in [0.1, 0.15) is 16.7 Å². The minimum atomic E-state index is -4.92. The number of aryl methyl sites for hydroxylation is 1. The van der Waals surface area contributed by atoms with Gasteiger partial charge in [0.05, 0.1) is 22.6 Å². The van der Waals surface area contributed by atoms with Gasteiger partial charge in [0.25, 0.3) is 0 Å². The first kappa shape index (κ1) is 26.7. The van der Waals surface area contributed by atoms with Gasteiger partial charge in [0.2, 0.25) is 11.8 Å². The third kappa shape index (κ3) is 7.55. The quantitative estimate of drug-likeness (QED) is 0.543. The standard InChI is InChI=1S/C23H23F6N3O2S/c1-15-3-2-4-18(9-15)30-20(33)13-35-14-21(34)32-7-5-31(6-8-32)19-11-16(22(24,25)26)10-17(12-19)23(27,28)29/h2-4,9-12H,5-8,13-14H2,1H3,(H,30,33). The van der Waals surface area contributed by atoms with Gasteiger partial charge in [0.15, 0.2) is 0 Å². The molecule has 0 spiro atoms. The van der Waals surface area contributed by atoms with Crippen LogP contribution in [-0.2, 0) is 21.9 Å². The molecular weight excluding hydrogens is 496 g/mol. The number of rotatable bonds is 6. The van der Waals surface area contributed by atoms with Gasteiger partial charge in [-0.1, -0.05) is 12.1 Å². The van der Waals surface area contributed by atoms with Gasteiger partial charge in [0.1, 0.15) is 0 Å². The number of anilines is 2. The maximum absolute atomic E-state index is 13.1. The maximum Gasteiger partial charge on any atom is 0.416 e. The molecule has 35 heavy (non-hydrogen) atoms. The Balaban J connectivity index is 1.52. The highest BCUT2D eigenvalue weighted by molar-refractivity contribution is 8.00. The molecule has 2 aromatic carbocycles. The van der Waals surface area contributed by atoms with Gasteiger partial charge >= 0.3 is 12.4 Å². The van der Waals surface area contributed by atoms with Crippen LogP contribution in [0.25, 0.3) is 0 Å². The molecule has 1 aliphatic heterocycles. The number of carbonyl (C=O) groups is 2. The van der Waals surface area contributed by atoms with Crippen molar-refractivity contribution in [2.45, 2.75) is 19.3 Å². The molecule has 2 amide bonds. The Bertz CT molecular complexity index is 1030. The number of hydrogen-bond donors (Lipinski definition) is 1. The lowest BCUT2D eigenvalue weighted by Gasteiger charge is -2.36. The molecule has 0 aromatic heterocycles. The van der Waals surface area contributed by atoms with Crippen molar-refractivity contribution in [2.75, 3.05) is 47.9 Å². The predicted molar refractivity (Wildman–Crippen MR) is 122 cm³/mol. The van der Waals surface area contributed by atoms with E-state index in [0.717, 1.165) is 17.3 Å². The van der Waals surface area contributed by atoms with Gasteiger partial charge in [-0.05, 0) is 42.8 Å². The van der Waals surface area contributed by atoms with Crippen LogP contribution < -0.4 is 10.2 Å². The summed E-state index contributed by atoms with van der Waals surface area (Å²) in [6.45, 7) is 2.36. The van der Waals surface area contributed by atoms with Crippen LogP contribution in [0.2, 0.25) is 0 Å². The Kier molecular flexibility index (Phi) is 8.24. The molecule has 1 N–H and O–H groups in total. The molecule has 5 nitrogen and oxygen atoms in total. The van der Waals surface area contributed by atoms with Gasteiger partial charge in [-0.15, -0.1) is 11.8 Å². The molecule has 0 aliphatic carbocycles. The average molecular weight is 520 g/mol. The van der Waals surface area contributed by atoms with E-state index in [4.69, 9.17) is 0 Å². The van der Waals surface area contributed by atoms with E-state index in [0.29, 0.717) is 17.8 Å². The molecule has 3 rings (SSSR count). The van der Waals surface area contributed by atoms with Crippen molar-refractivity contribution >= 4 is 35.0 Å². The number of benzene rings is 2. The summed E-state index contributed by atoms with van der Waals surface area (Å²) in [5, 5.41) is 2.74. The Morgan fingerprint density at radius 1 is 0.886 bits per heavy atom. The fourth-order valence-electron chi connectivity index (χ4n) is 3.58. The van der Waals surface area contributed by atoms with E-state index in [1.807, 2.05) is 25.1 Å². The number of thioether (sulfide) groups is 1. The van der Waals surface area contributed by atoms with Crippen LogP contribution in [0.3, 0.4) is 0 Å². The first-order valence-corrected chi connectivity index (χ1v) is 11.7. The summed E-state index contributed by atoms with van der Waals surface area (Å²) < 4.78 is 78.7. The van der Waals surface area contributed by atoms with Crippen LogP contribution in [0.5, 0.6) is 0 Å². The average Bonchev–Trinajstić information content (AvgIpc) is 2.77. The van der Waals surface area contributed by atoms with Crippen molar-refractivity contribution in [2.24, 2.45) is 0 Å². The van der Waals surface area contributed by atoms with E-state index in [2.05, 4.69) is 5.32 Å². The Labute approximate surface area is 202 Å². The second-order valence-corrected chi connectivity index (χ2v) is 9.03. The Morgan fingerprint density at radius 2 is 1.49 bits per heavy atom. The highest BCUT2D eigenvalue weighted by Crippen LogP contribution is 2.38. The molecule has 0 bridgehead atoms. The first-order valence-electron chi connectivity index (χ1n) is 10.6. The largest absolute Gasteiger partial charge is 0.416 e. The molecular formula is C23H23F6N3O2S. The van der Waals surface area contributed by atoms with Crippen molar-refractivity contribution in [3.8, 4) is 0 Å². The highest BCUT2D eigenvalue weighted by atomic mass is 32.2. The van der Waals surface area contributed by atoms with Crippen LogP contribution in [-0.4, -0.2) is 54.4 Å². The van der Waals surface area contributed by atoms with Gasteiger partial charge in [-0.25, -0.2) is 0 Å². The molecule has 0 radical (unpaired) electrons. The second-order valence-electron chi connectivity index (χ2n) is 8.04. The van der Waals surface area contributed by atoms with E-state index in [1.165, 1.54) is 9.80 Å². The van der Waals surface area contributed by atoms with Gasteiger partial charge in [-0.2, -0.15) is 26.3 Å². The van der Waals surface area contributed by atoms with Gasteiger partial charge in [0, 0.05) is 37.6 Å². The maximum atomic E-state index is 13.1. The van der Waals surface area contributed by atoms with E-state index < -0.39 is 23.5 Å². The molecule has 0 saturated carbocycles. The topological polar surface area (TPSA) is 52.7 Å². The van der Waals surface area contributed by atoms with Gasteiger partial charge < -0.3 is 15.1 Å². The number of nitrogens with zero attached hydrogens (tertiary/aromatic N) is 2. The van der Waals surface area contributed by atoms with Crippen molar-refractivity contribution in [1.82, 2.24) is 4.90 Å². The fraction of sp³-hybridized carbons (Fsp3) is 0.391. The van der Waals surface area contributed by atoms with E-state index >= 15 is 0 Å². The molecule has 12 heteroatoms. The summed E-state index contributed by atoms with van der Waals surface area (Å²) in [6.07, 6.45) is -9.84. The number of amides is 2. The Hall–Kier alpha value is -2.89. The van der Waals surface area contributed by atoms with Crippen molar-refractivity contribution < 1.29 is 35.9 Å². The van der Waals surface area contributed by atoms with Crippen molar-refractivity contribution in [3.63, 3.8) is 0 Å². The lowest BCUT2D eigenvalue weighted by Crippen LogP contribution is -2.49. The van der Waals surface area contributed by atoms with Crippen LogP contribution in [0.4, 0.5) is 37.7 Å². The summed E-state index contributed by atoms with van der Waals surface area (Å²) in [7, 11) is 0. The van der Waals surface area contributed by atoms with Crippen LogP contribution >= 0.6 is 11.8 Å². The number of hydrogen-bond acceptors (Lipinski definition) is 4. The second kappa shape index (κ2) is 10.8. The minimum absolute atomic E-state index is 0.0308. The zero-order valence-corrected chi connectivity index (χ0v) is 19.5. The van der Waals surface area contributed by atoms with Crippen molar-refractivity contribution in [3.05, 3.63) is 59.2 Å². The summed E-state index contributed by atoms with van der Waals surface area (Å²) >= 11 is 1.13. The Morgan fingerprint density at radius 3 is 2.03 bits per heavy atom. The van der Waals surface area contributed by atoms with E-state index in [9.17, 15) is 35.9 Å². The zero-order valence-electron chi connectivity index (χ0n) is 18.7. The molecule has 1 aliphatic rings. The number of carbonyl (C=O) groups excluding carboxylic acids is 2. The number of alkyl halides is 6. The number of piperazine rings is 1. The highest BCUT2D eigenvalue weighted by Gasteiger charge is 2.37. The normalized spacial score (nSPS) is 14.7. The predicted octanol–water partition coefficient (Wildman–Crippen LogP) is 5.05. The third-order valence-electron chi connectivity index (χ3n) is 5.33. The zero-order chi connectivity index (χ0) is 25.8. The SMILES string of the molecule is Cc1cccc(NC(=O)CSCC(=O)N2CCN(c3cc(C(F)(F)F)cc(C(F)(F)F)c3)CC2)c1. The summed E-state index contributed by atoms with van der Waals surface area (Å²) in [6, 6.07) is 8.74. The molecule has 0 unspecified atom stereocenters. The van der Waals surface area contributed by atoms with E-state index in [1.54, 1.807) is 6.07 Å². The minimum Gasteiger partial charge on any atom is -0.368 e. The lowest BCUT2D eigenvalue weighted by atomic mass is 10.1. The smallest absolute Gasteiger partial charge is 0.368 e. The first-order chi connectivity index (χ1) is 16.3. The van der Waals surface area contributed by atoms with Crippen LogP contribution in [0.15, 0.2) is 42.5 Å². The molecule has 1 heterocycles. The molecule has 0 atom stereocenters. The van der Waals surface area contributed by atoms with E-state index in [-0.39, 0.29) is 61.3 Å². The number of halogens is 6. The molecule has 1 saturated heterocycles. The van der Waals surface area contributed by atoms with Crippen LogP contribution in [0, 0.1) is 6.92 Å². The summed E-state index contributed by atoms with van der Waals surface area (Å²) in [5.41, 5.74) is -1.30. The fourth-order valence-corrected chi connectivity index (χ4v) is 4.29. The summed E-state index contributed by atoms with van der Waals surface area (Å²) in [5.74, 6) is -0.422. The lowest BCUT2D eigenvalue weighted by molar-refractivity contribution is -0.143.